The maximum absolute atomic E-state index is 11.7. The van der Waals surface area contributed by atoms with Gasteiger partial charge in [0.15, 0.2) is 0 Å². The Morgan fingerprint density at radius 3 is 2.93 bits per heavy atom. The van der Waals surface area contributed by atoms with Crippen LogP contribution in [0.3, 0.4) is 0 Å². The van der Waals surface area contributed by atoms with Gasteiger partial charge in [0.1, 0.15) is 0 Å². The second kappa shape index (κ2) is 3.16. The summed E-state index contributed by atoms with van der Waals surface area (Å²) in [6.07, 6.45) is 3.85. The molecule has 0 radical (unpaired) electrons. The number of hydrogen-bond acceptors (Lipinski definition) is 2. The average molecular weight is 225 g/mol. The van der Waals surface area contributed by atoms with E-state index in [0.29, 0.717) is 17.2 Å². The van der Waals surface area contributed by atoms with Crippen molar-refractivity contribution in [1.82, 2.24) is 5.32 Å². The van der Waals surface area contributed by atoms with E-state index in [2.05, 4.69) is 19.2 Å². The van der Waals surface area contributed by atoms with Crippen LogP contribution in [0.2, 0.25) is 0 Å². The van der Waals surface area contributed by atoms with Gasteiger partial charge in [-0.05, 0) is 36.5 Å². The Hall–Kier alpha value is -0.180. The molecule has 0 spiro atoms. The summed E-state index contributed by atoms with van der Waals surface area (Å²) >= 11 is 1.96. The molecule has 3 rings (SSSR count). The molecule has 0 aromatic rings. The summed E-state index contributed by atoms with van der Waals surface area (Å²) in [4.78, 5) is 11.7. The van der Waals surface area contributed by atoms with Crippen molar-refractivity contribution in [3.8, 4) is 0 Å². The minimum atomic E-state index is 0.282. The zero-order valence-electron chi connectivity index (χ0n) is 9.45. The molecule has 1 N–H and O–H groups in total. The summed E-state index contributed by atoms with van der Waals surface area (Å²) in [5.74, 6) is 1.81. The molecule has 2 heterocycles. The van der Waals surface area contributed by atoms with E-state index in [9.17, 15) is 4.79 Å². The summed E-state index contributed by atoms with van der Waals surface area (Å²) in [6.45, 7) is 5.66. The molecule has 2 nitrogen and oxygen atoms in total. The second-order valence-corrected chi connectivity index (χ2v) is 7.46. The number of nitrogens with one attached hydrogen (secondary N) is 1. The Bertz CT molecular complexity index is 302. The van der Waals surface area contributed by atoms with E-state index in [4.69, 9.17) is 0 Å². The molecule has 2 aliphatic heterocycles. The number of carbonyl (C=O) groups is 1. The zero-order valence-corrected chi connectivity index (χ0v) is 10.3. The first-order valence-corrected chi connectivity index (χ1v) is 6.94. The van der Waals surface area contributed by atoms with Gasteiger partial charge in [-0.15, -0.1) is 11.8 Å². The van der Waals surface area contributed by atoms with Gasteiger partial charge in [-0.3, -0.25) is 4.79 Å². The lowest BCUT2D eigenvalue weighted by Gasteiger charge is -2.29. The van der Waals surface area contributed by atoms with Crippen molar-refractivity contribution >= 4 is 17.7 Å². The first-order valence-electron chi connectivity index (χ1n) is 6.00. The van der Waals surface area contributed by atoms with Gasteiger partial charge in [0, 0.05) is 11.8 Å². The van der Waals surface area contributed by atoms with Crippen LogP contribution in [0.15, 0.2) is 0 Å². The van der Waals surface area contributed by atoms with Gasteiger partial charge in [-0.2, -0.15) is 0 Å². The molecular weight excluding hydrogens is 206 g/mol. The highest BCUT2D eigenvalue weighted by molar-refractivity contribution is 8.01. The Morgan fingerprint density at radius 1 is 1.33 bits per heavy atom. The van der Waals surface area contributed by atoms with Gasteiger partial charge in [0.05, 0.1) is 5.25 Å². The van der Waals surface area contributed by atoms with E-state index in [1.807, 2.05) is 11.8 Å². The topological polar surface area (TPSA) is 29.1 Å². The normalized spacial score (nSPS) is 47.2. The Kier molecular flexibility index (Phi) is 2.11. The molecule has 1 saturated carbocycles. The average Bonchev–Trinajstić information content (AvgIpc) is 2.59. The lowest BCUT2D eigenvalue weighted by Crippen LogP contribution is -2.43. The van der Waals surface area contributed by atoms with Crippen LogP contribution < -0.4 is 5.32 Å². The molecular formula is C12H19NOS. The van der Waals surface area contributed by atoms with Gasteiger partial charge in [-0.1, -0.05) is 13.8 Å². The Labute approximate surface area is 95.6 Å². The summed E-state index contributed by atoms with van der Waals surface area (Å²) < 4.78 is 0. The molecule has 3 heteroatoms. The molecule has 2 saturated heterocycles. The third-order valence-electron chi connectivity index (χ3n) is 4.32. The molecule has 0 bridgehead atoms. The fourth-order valence-corrected chi connectivity index (χ4v) is 5.89. The van der Waals surface area contributed by atoms with Crippen molar-refractivity contribution in [3.05, 3.63) is 0 Å². The number of rotatable bonds is 0. The van der Waals surface area contributed by atoms with Crippen molar-refractivity contribution in [2.45, 2.75) is 43.6 Å². The number of carbonyl (C=O) groups excluding carboxylic acids is 1. The summed E-state index contributed by atoms with van der Waals surface area (Å²) in [5.41, 5.74) is 0.515. The van der Waals surface area contributed by atoms with Gasteiger partial charge in [-0.25, -0.2) is 0 Å². The minimum Gasteiger partial charge on any atom is -0.355 e. The standard InChI is InChI=1S/C12H19NOS/c1-12(2)5-8-7-3-4-13-11(14)10(7)15-9(8)6-12/h7-10H,3-6H2,1-2H3,(H,13,14). The highest BCUT2D eigenvalue weighted by Crippen LogP contribution is 2.58. The SMILES string of the molecule is CC1(C)CC2SC3C(=O)NCCC3C2C1. The predicted molar refractivity (Wildman–Crippen MR) is 62.8 cm³/mol. The highest BCUT2D eigenvalue weighted by Gasteiger charge is 2.54. The summed E-state index contributed by atoms with van der Waals surface area (Å²) in [7, 11) is 0. The monoisotopic (exact) mass is 225 g/mol. The molecule has 3 aliphatic rings. The number of fused-ring (bicyclic) bond motifs is 3. The van der Waals surface area contributed by atoms with Crippen molar-refractivity contribution in [3.63, 3.8) is 0 Å². The van der Waals surface area contributed by atoms with Gasteiger partial charge >= 0.3 is 0 Å². The molecule has 1 aliphatic carbocycles. The number of hydrogen-bond donors (Lipinski definition) is 1. The first kappa shape index (κ1) is 10.0. The molecule has 0 aromatic heterocycles. The maximum Gasteiger partial charge on any atom is 0.233 e. The number of piperidine rings is 1. The fraction of sp³-hybridized carbons (Fsp3) is 0.917. The van der Waals surface area contributed by atoms with Crippen molar-refractivity contribution in [1.29, 1.82) is 0 Å². The van der Waals surface area contributed by atoms with E-state index in [1.54, 1.807) is 0 Å². The largest absolute Gasteiger partial charge is 0.355 e. The maximum atomic E-state index is 11.7. The van der Waals surface area contributed by atoms with E-state index in [-0.39, 0.29) is 5.25 Å². The summed E-state index contributed by atoms with van der Waals surface area (Å²) in [5, 5.41) is 4.05. The smallest absolute Gasteiger partial charge is 0.233 e. The molecule has 84 valence electrons. The Morgan fingerprint density at radius 2 is 2.13 bits per heavy atom. The quantitative estimate of drug-likeness (QED) is 0.683. The lowest BCUT2D eigenvalue weighted by molar-refractivity contribution is -0.123. The van der Waals surface area contributed by atoms with E-state index in [0.717, 1.165) is 17.7 Å². The van der Waals surface area contributed by atoms with E-state index < -0.39 is 0 Å². The number of thioether (sulfide) groups is 1. The van der Waals surface area contributed by atoms with Gasteiger partial charge in [0.2, 0.25) is 5.91 Å². The molecule has 1 amide bonds. The van der Waals surface area contributed by atoms with E-state index in [1.165, 1.54) is 19.3 Å². The van der Waals surface area contributed by atoms with Crippen molar-refractivity contribution in [2.24, 2.45) is 17.3 Å². The highest BCUT2D eigenvalue weighted by atomic mass is 32.2. The van der Waals surface area contributed by atoms with Gasteiger partial charge < -0.3 is 5.32 Å². The van der Waals surface area contributed by atoms with E-state index >= 15 is 0 Å². The lowest BCUT2D eigenvalue weighted by atomic mass is 9.81. The predicted octanol–water partition coefficient (Wildman–Crippen LogP) is 2.04. The van der Waals surface area contributed by atoms with Crippen LogP contribution in [0.25, 0.3) is 0 Å². The Balaban J connectivity index is 1.82. The van der Waals surface area contributed by atoms with Crippen molar-refractivity contribution in [2.75, 3.05) is 6.54 Å². The molecule has 15 heavy (non-hydrogen) atoms. The minimum absolute atomic E-state index is 0.282. The molecule has 4 unspecified atom stereocenters. The van der Waals surface area contributed by atoms with Crippen LogP contribution >= 0.6 is 11.8 Å². The van der Waals surface area contributed by atoms with Crippen LogP contribution in [0.5, 0.6) is 0 Å². The third kappa shape index (κ3) is 1.50. The fourth-order valence-electron chi connectivity index (χ4n) is 3.72. The molecule has 0 aromatic carbocycles. The van der Waals surface area contributed by atoms with Gasteiger partial charge in [0.25, 0.3) is 0 Å². The first-order chi connectivity index (χ1) is 7.07. The van der Waals surface area contributed by atoms with Crippen LogP contribution in [0.4, 0.5) is 0 Å². The van der Waals surface area contributed by atoms with Crippen LogP contribution in [-0.4, -0.2) is 23.0 Å². The molecule has 4 atom stereocenters. The van der Waals surface area contributed by atoms with Crippen LogP contribution in [0.1, 0.15) is 33.1 Å². The number of amides is 1. The van der Waals surface area contributed by atoms with Crippen LogP contribution in [-0.2, 0) is 4.79 Å². The molecule has 3 fully saturated rings. The zero-order chi connectivity index (χ0) is 10.6. The van der Waals surface area contributed by atoms with Crippen molar-refractivity contribution < 1.29 is 4.79 Å². The second-order valence-electron chi connectivity index (χ2n) is 6.08. The third-order valence-corrected chi connectivity index (χ3v) is 6.04. The van der Waals surface area contributed by atoms with Crippen LogP contribution in [0, 0.1) is 17.3 Å². The summed E-state index contributed by atoms with van der Waals surface area (Å²) in [6, 6.07) is 0.